The molecule has 3 aromatic rings. The summed E-state index contributed by atoms with van der Waals surface area (Å²) in [5, 5.41) is 1.17. The molecule has 0 N–H and O–H groups in total. The van der Waals surface area contributed by atoms with E-state index >= 15 is 0 Å². The molecule has 0 fully saturated rings. The Balaban J connectivity index is 1.92. The van der Waals surface area contributed by atoms with Gasteiger partial charge in [-0.05, 0) is 24.6 Å². The van der Waals surface area contributed by atoms with Crippen LogP contribution in [0.3, 0.4) is 0 Å². The molecule has 0 aliphatic heterocycles. The van der Waals surface area contributed by atoms with Crippen molar-refractivity contribution in [2.75, 3.05) is 0 Å². The van der Waals surface area contributed by atoms with Crippen LogP contribution in [0.4, 0.5) is 0 Å². The molecule has 0 atom stereocenters. The molecule has 3 rings (SSSR count). The van der Waals surface area contributed by atoms with E-state index in [1.807, 2.05) is 36.4 Å². The molecular weight excluding hydrogens is 315 g/mol. The van der Waals surface area contributed by atoms with Crippen molar-refractivity contribution in [3.05, 3.63) is 81.7 Å². The summed E-state index contributed by atoms with van der Waals surface area (Å²) in [5.74, 6) is 0.699. The van der Waals surface area contributed by atoms with Gasteiger partial charge in [0.1, 0.15) is 11.0 Å². The molecule has 0 saturated heterocycles. The Morgan fingerprint density at radius 1 is 0.864 bits per heavy atom. The number of halogens is 2. The van der Waals surface area contributed by atoms with Gasteiger partial charge in [0, 0.05) is 23.1 Å². The third kappa shape index (κ3) is 3.65. The summed E-state index contributed by atoms with van der Waals surface area (Å²) >= 11 is 12.1. The molecule has 110 valence electrons. The monoisotopic (exact) mass is 328 g/mol. The van der Waals surface area contributed by atoms with Crippen LogP contribution in [0.25, 0.3) is 11.3 Å². The van der Waals surface area contributed by atoms with Crippen LogP contribution in [0.2, 0.25) is 10.2 Å². The van der Waals surface area contributed by atoms with Crippen LogP contribution >= 0.6 is 23.2 Å². The van der Waals surface area contributed by atoms with Crippen molar-refractivity contribution in [1.82, 2.24) is 9.97 Å². The van der Waals surface area contributed by atoms with Crippen molar-refractivity contribution >= 4 is 23.2 Å². The van der Waals surface area contributed by atoms with Crippen LogP contribution in [-0.4, -0.2) is 9.97 Å². The number of hydrogen-bond donors (Lipinski definition) is 0. The van der Waals surface area contributed by atoms with E-state index in [9.17, 15) is 0 Å². The Bertz CT molecular complexity index is 781. The highest BCUT2D eigenvalue weighted by Gasteiger charge is 2.07. The second-order valence-electron chi connectivity index (χ2n) is 5.16. The molecule has 1 heterocycles. The molecule has 0 aliphatic carbocycles. The van der Waals surface area contributed by atoms with E-state index in [0.29, 0.717) is 17.4 Å². The quantitative estimate of drug-likeness (QED) is 0.605. The van der Waals surface area contributed by atoms with Gasteiger partial charge in [-0.3, -0.25) is 0 Å². The lowest BCUT2D eigenvalue weighted by Crippen LogP contribution is -1.99. The molecule has 4 heteroatoms. The lowest BCUT2D eigenvalue weighted by Gasteiger charge is -2.06. The minimum absolute atomic E-state index is 0.453. The number of benzene rings is 2. The lowest BCUT2D eigenvalue weighted by atomic mass is 10.1. The summed E-state index contributed by atoms with van der Waals surface area (Å²) in [5.41, 5.74) is 4.18. The Kier molecular flexibility index (Phi) is 4.41. The van der Waals surface area contributed by atoms with Crippen molar-refractivity contribution < 1.29 is 0 Å². The Hall–Kier alpha value is -1.90. The lowest BCUT2D eigenvalue weighted by molar-refractivity contribution is 0.972. The highest BCUT2D eigenvalue weighted by molar-refractivity contribution is 6.30. The summed E-state index contributed by atoms with van der Waals surface area (Å²) in [7, 11) is 0. The summed E-state index contributed by atoms with van der Waals surface area (Å²) in [6.45, 7) is 2.06. The van der Waals surface area contributed by atoms with Gasteiger partial charge >= 0.3 is 0 Å². The van der Waals surface area contributed by atoms with Crippen molar-refractivity contribution in [2.24, 2.45) is 0 Å². The molecular formula is C18H14Cl2N2. The minimum Gasteiger partial charge on any atom is -0.232 e. The molecule has 2 nitrogen and oxygen atoms in total. The fourth-order valence-electron chi connectivity index (χ4n) is 2.20. The Morgan fingerprint density at radius 3 is 2.23 bits per heavy atom. The zero-order valence-electron chi connectivity index (χ0n) is 12.1. The van der Waals surface area contributed by atoms with Gasteiger partial charge in [-0.2, -0.15) is 0 Å². The van der Waals surface area contributed by atoms with Gasteiger partial charge in [0.15, 0.2) is 0 Å². The van der Waals surface area contributed by atoms with Gasteiger partial charge < -0.3 is 0 Å². The molecule has 0 spiro atoms. The van der Waals surface area contributed by atoms with E-state index in [1.54, 1.807) is 6.07 Å². The van der Waals surface area contributed by atoms with Crippen molar-refractivity contribution in [3.8, 4) is 11.3 Å². The first-order chi connectivity index (χ1) is 10.6. The van der Waals surface area contributed by atoms with Crippen LogP contribution in [0.15, 0.2) is 54.6 Å². The van der Waals surface area contributed by atoms with Gasteiger partial charge in [0.05, 0.1) is 5.69 Å². The van der Waals surface area contributed by atoms with Crippen LogP contribution in [-0.2, 0) is 6.42 Å². The fourth-order valence-corrected chi connectivity index (χ4v) is 2.53. The largest absolute Gasteiger partial charge is 0.232 e. The first-order valence-electron chi connectivity index (χ1n) is 6.95. The van der Waals surface area contributed by atoms with E-state index in [-0.39, 0.29) is 0 Å². The molecule has 2 aromatic carbocycles. The molecule has 22 heavy (non-hydrogen) atoms. The zero-order chi connectivity index (χ0) is 15.5. The van der Waals surface area contributed by atoms with E-state index in [0.717, 1.165) is 21.8 Å². The topological polar surface area (TPSA) is 25.8 Å². The highest BCUT2D eigenvalue weighted by Crippen LogP contribution is 2.21. The molecule has 0 amide bonds. The first kappa shape index (κ1) is 15.0. The third-order valence-electron chi connectivity index (χ3n) is 3.36. The molecule has 0 aliphatic rings. The number of aromatic nitrogens is 2. The van der Waals surface area contributed by atoms with Crippen LogP contribution in [0.1, 0.15) is 17.0 Å². The average molecular weight is 329 g/mol. The van der Waals surface area contributed by atoms with Gasteiger partial charge in [0.2, 0.25) is 0 Å². The van der Waals surface area contributed by atoms with Crippen LogP contribution in [0, 0.1) is 6.92 Å². The number of nitrogens with zero attached hydrogens (tertiary/aromatic N) is 2. The van der Waals surface area contributed by atoms with Crippen LogP contribution in [0.5, 0.6) is 0 Å². The first-order valence-corrected chi connectivity index (χ1v) is 7.71. The standard InChI is InChI=1S/C18H14Cl2N2/c1-12-2-6-14(7-3-12)16-11-17(20)22-18(21-16)10-13-4-8-15(19)9-5-13/h2-9,11H,10H2,1H3. The third-order valence-corrected chi connectivity index (χ3v) is 3.81. The summed E-state index contributed by atoms with van der Waals surface area (Å²) in [6, 6.07) is 17.7. The SMILES string of the molecule is Cc1ccc(-c2cc(Cl)nc(Cc3ccc(Cl)cc3)n2)cc1. The zero-order valence-corrected chi connectivity index (χ0v) is 13.6. The van der Waals surface area contributed by atoms with Gasteiger partial charge in [-0.15, -0.1) is 0 Å². The van der Waals surface area contributed by atoms with E-state index < -0.39 is 0 Å². The Labute approximate surface area is 139 Å². The molecule has 1 aromatic heterocycles. The second-order valence-corrected chi connectivity index (χ2v) is 5.99. The molecule has 0 saturated carbocycles. The molecule has 0 unspecified atom stereocenters. The maximum atomic E-state index is 6.15. The number of hydrogen-bond acceptors (Lipinski definition) is 2. The fraction of sp³-hybridized carbons (Fsp3) is 0.111. The Morgan fingerprint density at radius 2 is 1.55 bits per heavy atom. The maximum Gasteiger partial charge on any atom is 0.135 e. The number of rotatable bonds is 3. The van der Waals surface area contributed by atoms with E-state index in [4.69, 9.17) is 23.2 Å². The molecule has 0 bridgehead atoms. The van der Waals surface area contributed by atoms with Gasteiger partial charge in [0.25, 0.3) is 0 Å². The summed E-state index contributed by atoms with van der Waals surface area (Å²) in [6.07, 6.45) is 0.622. The predicted molar refractivity (Wildman–Crippen MR) is 91.5 cm³/mol. The normalized spacial score (nSPS) is 10.7. The van der Waals surface area contributed by atoms with E-state index in [2.05, 4.69) is 29.0 Å². The highest BCUT2D eigenvalue weighted by atomic mass is 35.5. The van der Waals surface area contributed by atoms with Crippen LogP contribution < -0.4 is 0 Å². The van der Waals surface area contributed by atoms with Crippen molar-refractivity contribution in [1.29, 1.82) is 0 Å². The van der Waals surface area contributed by atoms with Gasteiger partial charge in [-0.25, -0.2) is 9.97 Å². The van der Waals surface area contributed by atoms with Crippen molar-refractivity contribution in [3.63, 3.8) is 0 Å². The summed E-state index contributed by atoms with van der Waals surface area (Å²) < 4.78 is 0. The molecule has 0 radical (unpaired) electrons. The van der Waals surface area contributed by atoms with Crippen molar-refractivity contribution in [2.45, 2.75) is 13.3 Å². The van der Waals surface area contributed by atoms with E-state index in [1.165, 1.54) is 5.56 Å². The predicted octanol–water partition coefficient (Wildman–Crippen LogP) is 5.35. The average Bonchev–Trinajstić information content (AvgIpc) is 2.50. The summed E-state index contributed by atoms with van der Waals surface area (Å²) in [4.78, 5) is 8.94. The van der Waals surface area contributed by atoms with Gasteiger partial charge in [-0.1, -0.05) is 65.2 Å². The number of aryl methyl sites for hydroxylation is 1. The second kappa shape index (κ2) is 6.47. The smallest absolute Gasteiger partial charge is 0.135 e. The minimum atomic E-state index is 0.453. The maximum absolute atomic E-state index is 6.15.